The third-order valence-electron chi connectivity index (χ3n) is 5.32. The minimum absolute atomic E-state index is 0.203. The van der Waals surface area contributed by atoms with Gasteiger partial charge in [-0.25, -0.2) is 9.67 Å². The van der Waals surface area contributed by atoms with E-state index in [0.29, 0.717) is 33.9 Å². The van der Waals surface area contributed by atoms with Gasteiger partial charge in [0.2, 0.25) is 0 Å². The summed E-state index contributed by atoms with van der Waals surface area (Å²) in [5.74, 6) is -0.358. The molecule has 0 unspecified atom stereocenters. The molecule has 2 aromatic heterocycles. The summed E-state index contributed by atoms with van der Waals surface area (Å²) >= 11 is 0. The van der Waals surface area contributed by atoms with Gasteiger partial charge in [0.25, 0.3) is 5.91 Å². The van der Waals surface area contributed by atoms with Gasteiger partial charge in [0.1, 0.15) is 0 Å². The van der Waals surface area contributed by atoms with E-state index in [1.807, 2.05) is 6.07 Å². The normalized spacial score (nSPS) is 12.3. The Kier molecular flexibility index (Phi) is 4.29. The molecule has 0 bridgehead atoms. The van der Waals surface area contributed by atoms with Crippen LogP contribution in [0.15, 0.2) is 73.1 Å². The number of fused-ring (bicyclic) bond motifs is 2. The zero-order chi connectivity index (χ0) is 21.5. The minimum atomic E-state index is -0.424. The van der Waals surface area contributed by atoms with Gasteiger partial charge in [0, 0.05) is 22.9 Å². The van der Waals surface area contributed by atoms with Crippen molar-refractivity contribution in [1.29, 1.82) is 0 Å². The number of pyridine rings is 1. The van der Waals surface area contributed by atoms with Gasteiger partial charge in [-0.1, -0.05) is 42.5 Å². The van der Waals surface area contributed by atoms with Crippen molar-refractivity contribution in [3.05, 3.63) is 107 Å². The van der Waals surface area contributed by atoms with Crippen LogP contribution < -0.4 is 5.32 Å². The fraction of sp³-hybridized carbons (Fsp3) is 0.0417. The molecule has 2 aromatic carbocycles. The van der Waals surface area contributed by atoms with Crippen LogP contribution in [0.2, 0.25) is 0 Å². The lowest BCUT2D eigenvalue weighted by Crippen LogP contribution is -2.24. The highest BCUT2D eigenvalue weighted by molar-refractivity contribution is 6.30. The second kappa shape index (κ2) is 7.14. The van der Waals surface area contributed by atoms with Crippen molar-refractivity contribution in [2.45, 2.75) is 6.92 Å². The van der Waals surface area contributed by atoms with Crippen LogP contribution in [0, 0.1) is 6.92 Å². The average molecular weight is 408 g/mol. The smallest absolute Gasteiger partial charge is 0.259 e. The Morgan fingerprint density at radius 1 is 0.871 bits per heavy atom. The molecule has 31 heavy (non-hydrogen) atoms. The van der Waals surface area contributed by atoms with E-state index in [4.69, 9.17) is 0 Å². The predicted octanol–water partition coefficient (Wildman–Crippen LogP) is 3.60. The first-order valence-corrected chi connectivity index (χ1v) is 9.65. The van der Waals surface area contributed by atoms with Crippen LogP contribution in [-0.2, 0) is 0 Å². The Balaban J connectivity index is 1.52. The summed E-state index contributed by atoms with van der Waals surface area (Å²) in [6, 6.07) is 17.0. The predicted molar refractivity (Wildman–Crippen MR) is 114 cm³/mol. The van der Waals surface area contributed by atoms with Crippen LogP contribution in [0.4, 0.5) is 5.69 Å². The molecule has 4 aromatic rings. The topological polar surface area (TPSA) is 94.0 Å². The molecule has 0 aliphatic heterocycles. The van der Waals surface area contributed by atoms with Gasteiger partial charge in [0.05, 0.1) is 28.7 Å². The summed E-state index contributed by atoms with van der Waals surface area (Å²) in [4.78, 5) is 43.3. The van der Waals surface area contributed by atoms with Gasteiger partial charge in [-0.3, -0.25) is 14.4 Å². The van der Waals surface area contributed by atoms with E-state index in [-0.39, 0.29) is 22.7 Å². The van der Waals surface area contributed by atoms with Crippen LogP contribution in [0.25, 0.3) is 5.82 Å². The number of carbonyl (C=O) groups is 3. The van der Waals surface area contributed by atoms with Crippen LogP contribution in [0.5, 0.6) is 0 Å². The molecule has 0 saturated heterocycles. The number of anilines is 1. The van der Waals surface area contributed by atoms with E-state index < -0.39 is 5.91 Å². The molecular weight excluding hydrogens is 392 g/mol. The fourth-order valence-corrected chi connectivity index (χ4v) is 3.78. The number of benzene rings is 2. The molecule has 1 aliphatic carbocycles. The number of hydrogen-bond donors (Lipinski definition) is 1. The molecule has 0 saturated carbocycles. The molecule has 2 heterocycles. The van der Waals surface area contributed by atoms with Crippen molar-refractivity contribution < 1.29 is 14.4 Å². The largest absolute Gasteiger partial charge is 0.321 e. The summed E-state index contributed by atoms with van der Waals surface area (Å²) in [5, 5.41) is 7.05. The molecular formula is C24H16N4O3. The van der Waals surface area contributed by atoms with Crippen molar-refractivity contribution in [3.8, 4) is 5.82 Å². The van der Waals surface area contributed by atoms with E-state index in [2.05, 4.69) is 15.4 Å². The number of ketones is 2. The van der Waals surface area contributed by atoms with Crippen molar-refractivity contribution >= 4 is 23.2 Å². The maximum atomic E-state index is 13.1. The quantitative estimate of drug-likeness (QED) is 0.492. The second-order valence-electron chi connectivity index (χ2n) is 7.13. The number of rotatable bonds is 3. The molecule has 0 atom stereocenters. The van der Waals surface area contributed by atoms with E-state index in [1.165, 1.54) is 6.20 Å². The van der Waals surface area contributed by atoms with Crippen molar-refractivity contribution in [1.82, 2.24) is 14.8 Å². The van der Waals surface area contributed by atoms with Gasteiger partial charge in [-0.2, -0.15) is 5.10 Å². The Bertz CT molecular complexity index is 1370. The summed E-state index contributed by atoms with van der Waals surface area (Å²) in [5.41, 5.74) is 2.43. The zero-order valence-electron chi connectivity index (χ0n) is 16.5. The first-order chi connectivity index (χ1) is 15.1. The number of nitrogens with one attached hydrogen (secondary N) is 1. The van der Waals surface area contributed by atoms with Crippen molar-refractivity contribution in [3.63, 3.8) is 0 Å². The molecule has 1 aliphatic rings. The van der Waals surface area contributed by atoms with E-state index in [9.17, 15) is 14.4 Å². The Hall–Kier alpha value is -4.39. The maximum absolute atomic E-state index is 13.1. The maximum Gasteiger partial charge on any atom is 0.259 e. The second-order valence-corrected chi connectivity index (χ2v) is 7.13. The minimum Gasteiger partial charge on any atom is -0.321 e. The highest BCUT2D eigenvalue weighted by Gasteiger charge is 2.32. The molecule has 0 spiro atoms. The van der Waals surface area contributed by atoms with Gasteiger partial charge in [-0.15, -0.1) is 0 Å². The monoisotopic (exact) mass is 408 g/mol. The molecule has 1 amide bonds. The first-order valence-electron chi connectivity index (χ1n) is 9.65. The average Bonchev–Trinajstić information content (AvgIpc) is 3.19. The van der Waals surface area contributed by atoms with Crippen LogP contribution in [0.1, 0.15) is 47.9 Å². The van der Waals surface area contributed by atoms with Crippen LogP contribution in [0.3, 0.4) is 0 Å². The first kappa shape index (κ1) is 18.6. The Morgan fingerprint density at radius 3 is 2.32 bits per heavy atom. The lowest BCUT2D eigenvalue weighted by molar-refractivity contribution is 0.0978. The molecule has 1 N–H and O–H groups in total. The lowest BCUT2D eigenvalue weighted by Gasteiger charge is -2.20. The zero-order valence-corrected chi connectivity index (χ0v) is 16.5. The van der Waals surface area contributed by atoms with Crippen LogP contribution >= 0.6 is 0 Å². The number of nitrogens with zero attached hydrogens (tertiary/aromatic N) is 3. The molecule has 7 nitrogen and oxygen atoms in total. The summed E-state index contributed by atoms with van der Waals surface area (Å²) in [7, 11) is 0. The molecule has 7 heteroatoms. The SMILES string of the molecule is Cc1c(C(=O)Nc2cccc3c2C(=O)c2ccccc2C3=O)cnn1-c1ccccn1. The summed E-state index contributed by atoms with van der Waals surface area (Å²) < 4.78 is 1.57. The summed E-state index contributed by atoms with van der Waals surface area (Å²) in [6.45, 7) is 1.77. The highest BCUT2D eigenvalue weighted by atomic mass is 16.2. The Morgan fingerprint density at radius 2 is 1.58 bits per heavy atom. The van der Waals surface area contributed by atoms with Crippen LogP contribution in [-0.4, -0.2) is 32.2 Å². The van der Waals surface area contributed by atoms with E-state index in [0.717, 1.165) is 0 Å². The van der Waals surface area contributed by atoms with E-state index in [1.54, 1.807) is 72.4 Å². The fourth-order valence-electron chi connectivity index (χ4n) is 3.78. The highest BCUT2D eigenvalue weighted by Crippen LogP contribution is 2.32. The number of amides is 1. The molecule has 0 fully saturated rings. The molecule has 150 valence electrons. The van der Waals surface area contributed by atoms with Crippen molar-refractivity contribution in [2.75, 3.05) is 5.32 Å². The van der Waals surface area contributed by atoms with Crippen molar-refractivity contribution in [2.24, 2.45) is 0 Å². The number of carbonyl (C=O) groups excluding carboxylic acids is 3. The number of hydrogen-bond acceptors (Lipinski definition) is 5. The Labute approximate surface area is 177 Å². The number of aromatic nitrogens is 3. The lowest BCUT2D eigenvalue weighted by atomic mass is 9.83. The van der Waals surface area contributed by atoms with Gasteiger partial charge < -0.3 is 5.32 Å². The standard InChI is InChI=1S/C24H16N4O3/c1-14-18(13-26-28(14)20-11-4-5-12-25-20)24(31)27-19-10-6-9-17-21(19)23(30)16-8-3-2-7-15(16)22(17)29/h2-13H,1H3,(H,27,31). The van der Waals surface area contributed by atoms with E-state index >= 15 is 0 Å². The third kappa shape index (κ3) is 2.95. The van der Waals surface area contributed by atoms with Gasteiger partial charge >= 0.3 is 0 Å². The summed E-state index contributed by atoms with van der Waals surface area (Å²) in [6.07, 6.45) is 3.10. The van der Waals surface area contributed by atoms with Gasteiger partial charge in [0.15, 0.2) is 17.4 Å². The third-order valence-corrected chi connectivity index (χ3v) is 5.32. The molecule has 5 rings (SSSR count). The molecule has 0 radical (unpaired) electrons. The van der Waals surface area contributed by atoms with Gasteiger partial charge in [-0.05, 0) is 25.1 Å².